The number of azo groups is 1. The van der Waals surface area contributed by atoms with E-state index in [4.69, 9.17) is 4.74 Å². The summed E-state index contributed by atoms with van der Waals surface area (Å²) < 4.78 is 6.03. The molecule has 1 aromatic rings. The molecule has 2 heterocycles. The van der Waals surface area contributed by atoms with Gasteiger partial charge in [-0.1, -0.05) is 6.07 Å². The number of nitrogens with one attached hydrogen (secondary N) is 1. The van der Waals surface area contributed by atoms with Crippen molar-refractivity contribution in [3.8, 4) is 0 Å². The third-order valence-corrected chi connectivity index (χ3v) is 2.86. The molecule has 0 saturated carbocycles. The molecule has 1 aliphatic rings. The molecule has 0 radical (unpaired) electrons. The van der Waals surface area contributed by atoms with Gasteiger partial charge in [-0.3, -0.25) is 0 Å². The smallest absolute Gasteiger partial charge is 0.161 e. The molecule has 0 amide bonds. The van der Waals surface area contributed by atoms with E-state index >= 15 is 0 Å². The van der Waals surface area contributed by atoms with Crippen LogP contribution in [-0.4, -0.2) is 25.2 Å². The third-order valence-electron chi connectivity index (χ3n) is 2.42. The molecule has 0 aliphatic carbocycles. The van der Waals surface area contributed by atoms with Crippen molar-refractivity contribution >= 4 is 15.9 Å². The summed E-state index contributed by atoms with van der Waals surface area (Å²) in [5, 5.41) is 7.19. The molecule has 0 bridgehead atoms. The van der Waals surface area contributed by atoms with Crippen molar-refractivity contribution in [1.29, 1.82) is 0 Å². The van der Waals surface area contributed by atoms with E-state index in [0.29, 0.717) is 5.92 Å². The van der Waals surface area contributed by atoms with Crippen molar-refractivity contribution in [2.24, 2.45) is 11.0 Å². The number of hydrogen-bond donors (Lipinski definition) is 1. The lowest BCUT2D eigenvalue weighted by atomic mass is 9.96. The highest BCUT2D eigenvalue weighted by molar-refractivity contribution is 9.10. The van der Waals surface area contributed by atoms with E-state index in [0.717, 1.165) is 23.5 Å². The normalized spacial score (nSPS) is 19.1. The minimum Gasteiger partial charge on any atom is -0.380 e. The van der Waals surface area contributed by atoms with Crippen molar-refractivity contribution < 1.29 is 9.85 Å². The van der Waals surface area contributed by atoms with Crippen LogP contribution in [0, 0.1) is 5.92 Å². The van der Waals surface area contributed by atoms with Crippen LogP contribution >= 0.6 is 15.9 Å². The van der Waals surface area contributed by atoms with Crippen LogP contribution < -0.4 is 5.11 Å². The highest BCUT2D eigenvalue weighted by atomic mass is 79.9. The molecule has 1 aliphatic heterocycles. The number of hydrogen-bond acceptors (Lipinski definition) is 3. The molecule has 1 atom stereocenters. The van der Waals surface area contributed by atoms with Gasteiger partial charge in [0, 0.05) is 5.92 Å². The van der Waals surface area contributed by atoms with Crippen LogP contribution in [0.15, 0.2) is 27.9 Å². The van der Waals surface area contributed by atoms with Crippen LogP contribution in [0.3, 0.4) is 0 Å². The Balaban J connectivity index is 2.23. The summed E-state index contributed by atoms with van der Waals surface area (Å²) in [4.78, 5) is 4.42. The SMILES string of the molecule is C[NH+]=NC(c1cccc(Br)n1)C1COC1. The van der Waals surface area contributed by atoms with Crippen molar-refractivity contribution in [2.75, 3.05) is 20.3 Å². The second-order valence-corrected chi connectivity index (χ2v) is 4.29. The van der Waals surface area contributed by atoms with Gasteiger partial charge in [-0.25, -0.2) is 4.98 Å². The largest absolute Gasteiger partial charge is 0.380 e. The number of aromatic nitrogens is 1. The van der Waals surface area contributed by atoms with Gasteiger partial charge in [-0.15, -0.1) is 5.11 Å². The van der Waals surface area contributed by atoms with Gasteiger partial charge in [0.1, 0.15) is 4.60 Å². The second-order valence-electron chi connectivity index (χ2n) is 3.48. The van der Waals surface area contributed by atoms with Crippen molar-refractivity contribution in [3.63, 3.8) is 0 Å². The summed E-state index contributed by atoms with van der Waals surface area (Å²) >= 11 is 3.37. The lowest BCUT2D eigenvalue weighted by Gasteiger charge is -2.28. The zero-order valence-corrected chi connectivity index (χ0v) is 10.1. The van der Waals surface area contributed by atoms with E-state index in [9.17, 15) is 0 Å². The molecular formula is C10H13BrN3O+. The van der Waals surface area contributed by atoms with Gasteiger partial charge in [-0.05, 0) is 33.2 Å². The number of halogens is 1. The number of rotatable bonds is 3. The van der Waals surface area contributed by atoms with E-state index in [1.54, 1.807) is 0 Å². The highest BCUT2D eigenvalue weighted by Crippen LogP contribution is 2.29. The van der Waals surface area contributed by atoms with Crippen molar-refractivity contribution in [2.45, 2.75) is 6.04 Å². The maximum atomic E-state index is 5.19. The third kappa shape index (κ3) is 2.41. The van der Waals surface area contributed by atoms with Crippen LogP contribution in [0.2, 0.25) is 0 Å². The van der Waals surface area contributed by atoms with E-state index in [2.05, 4.69) is 31.1 Å². The molecule has 0 aromatic carbocycles. The fourth-order valence-corrected chi connectivity index (χ4v) is 1.93. The van der Waals surface area contributed by atoms with E-state index in [1.165, 1.54) is 0 Å². The quantitative estimate of drug-likeness (QED) is 0.649. The van der Waals surface area contributed by atoms with Gasteiger partial charge in [0.2, 0.25) is 0 Å². The first-order chi connectivity index (χ1) is 7.31. The molecule has 1 aromatic heterocycles. The Hall–Kier alpha value is -0.810. The Kier molecular flexibility index (Phi) is 3.43. The minimum absolute atomic E-state index is 0.0845. The maximum Gasteiger partial charge on any atom is 0.161 e. The van der Waals surface area contributed by atoms with Crippen LogP contribution in [0.4, 0.5) is 0 Å². The standard InChI is InChI=1S/C10H12BrN3O/c1-12-14-10(7-5-15-6-7)8-3-2-4-9(11)13-8/h2-4,7,10H,5-6H2,1H3/p+1. The first kappa shape index (κ1) is 10.7. The van der Waals surface area contributed by atoms with E-state index in [-0.39, 0.29) is 6.04 Å². The van der Waals surface area contributed by atoms with Gasteiger partial charge in [0.05, 0.1) is 18.9 Å². The van der Waals surface area contributed by atoms with Gasteiger partial charge in [0.15, 0.2) is 13.1 Å². The Morgan fingerprint density at radius 1 is 1.60 bits per heavy atom. The molecule has 1 unspecified atom stereocenters. The van der Waals surface area contributed by atoms with Gasteiger partial charge in [0.25, 0.3) is 0 Å². The van der Waals surface area contributed by atoms with E-state index in [1.807, 2.05) is 25.2 Å². The summed E-state index contributed by atoms with van der Waals surface area (Å²) in [5.74, 6) is 0.444. The number of nitrogens with zero attached hydrogens (tertiary/aromatic N) is 2. The number of ether oxygens (including phenoxy) is 1. The molecule has 80 valence electrons. The summed E-state index contributed by atoms with van der Waals surface area (Å²) in [6.07, 6.45) is 0. The van der Waals surface area contributed by atoms with Crippen LogP contribution in [-0.2, 0) is 4.74 Å². The molecule has 1 saturated heterocycles. The zero-order valence-electron chi connectivity index (χ0n) is 8.48. The summed E-state index contributed by atoms with van der Waals surface area (Å²) in [5.41, 5.74) is 0.979. The van der Waals surface area contributed by atoms with Gasteiger partial charge in [-0.2, -0.15) is 0 Å². The Bertz CT molecular complexity index is 365. The monoisotopic (exact) mass is 270 g/mol. The maximum absolute atomic E-state index is 5.19. The predicted octanol–water partition coefficient (Wildman–Crippen LogP) is 0.694. The first-order valence-electron chi connectivity index (χ1n) is 4.88. The lowest BCUT2D eigenvalue weighted by molar-refractivity contribution is -0.507. The lowest BCUT2D eigenvalue weighted by Crippen LogP contribution is -2.60. The average molecular weight is 271 g/mol. The fourth-order valence-electron chi connectivity index (χ4n) is 1.58. The Morgan fingerprint density at radius 2 is 2.40 bits per heavy atom. The Morgan fingerprint density at radius 3 is 2.93 bits per heavy atom. The molecule has 0 spiro atoms. The Labute approximate surface area is 96.9 Å². The summed E-state index contributed by atoms with van der Waals surface area (Å²) in [6, 6.07) is 5.97. The zero-order chi connectivity index (χ0) is 10.7. The van der Waals surface area contributed by atoms with Gasteiger partial charge < -0.3 is 4.74 Å². The molecule has 15 heavy (non-hydrogen) atoms. The summed E-state index contributed by atoms with van der Waals surface area (Å²) in [6.45, 7) is 1.54. The molecule has 2 rings (SSSR count). The second kappa shape index (κ2) is 4.81. The molecule has 5 heteroatoms. The minimum atomic E-state index is 0.0845. The highest BCUT2D eigenvalue weighted by Gasteiger charge is 2.32. The van der Waals surface area contributed by atoms with E-state index < -0.39 is 0 Å². The van der Waals surface area contributed by atoms with Crippen molar-refractivity contribution in [3.05, 3.63) is 28.5 Å². The summed E-state index contributed by atoms with van der Waals surface area (Å²) in [7, 11) is 1.81. The topological polar surface area (TPSA) is 48.5 Å². The molecular weight excluding hydrogens is 258 g/mol. The molecule has 4 nitrogen and oxygen atoms in total. The first-order valence-corrected chi connectivity index (χ1v) is 5.67. The fraction of sp³-hybridized carbons (Fsp3) is 0.500. The van der Waals surface area contributed by atoms with Crippen LogP contribution in [0.25, 0.3) is 0 Å². The molecule has 1 fully saturated rings. The average Bonchev–Trinajstić information content (AvgIpc) is 2.14. The number of pyridine rings is 1. The predicted molar refractivity (Wildman–Crippen MR) is 58.3 cm³/mol. The van der Waals surface area contributed by atoms with Gasteiger partial charge >= 0.3 is 0 Å². The van der Waals surface area contributed by atoms with Crippen LogP contribution in [0.5, 0.6) is 0 Å². The molecule has 1 N–H and O–H groups in total. The van der Waals surface area contributed by atoms with Crippen molar-refractivity contribution in [1.82, 2.24) is 4.98 Å². The van der Waals surface area contributed by atoms with Crippen LogP contribution in [0.1, 0.15) is 11.7 Å².